The highest BCUT2D eigenvalue weighted by Gasteiger charge is 2.54. The minimum Gasteiger partial charge on any atom is -0.326 e. The van der Waals surface area contributed by atoms with Crippen molar-refractivity contribution in [1.82, 2.24) is 0 Å². The third kappa shape index (κ3) is 2.29. The Morgan fingerprint density at radius 3 is 2.33 bits per heavy atom. The molecule has 4 saturated carbocycles. The topological polar surface area (TPSA) is 29.1 Å². The summed E-state index contributed by atoms with van der Waals surface area (Å²) >= 11 is 0. The predicted molar refractivity (Wildman–Crippen MR) is 85.1 cm³/mol. The van der Waals surface area contributed by atoms with Gasteiger partial charge in [-0.25, -0.2) is 0 Å². The van der Waals surface area contributed by atoms with Gasteiger partial charge in [-0.3, -0.25) is 4.79 Å². The summed E-state index contributed by atoms with van der Waals surface area (Å²) in [6.45, 7) is 2.15. The van der Waals surface area contributed by atoms with Gasteiger partial charge in [-0.2, -0.15) is 0 Å². The molecular formula is C19H25NO. The van der Waals surface area contributed by atoms with Crippen LogP contribution in [0, 0.1) is 23.2 Å². The van der Waals surface area contributed by atoms with Crippen LogP contribution in [0.4, 0.5) is 5.69 Å². The Morgan fingerprint density at radius 1 is 1.14 bits per heavy atom. The zero-order valence-corrected chi connectivity index (χ0v) is 12.9. The van der Waals surface area contributed by atoms with Gasteiger partial charge in [-0.05, 0) is 80.4 Å². The normalized spacial score (nSPS) is 36.7. The van der Waals surface area contributed by atoms with Crippen LogP contribution >= 0.6 is 0 Å². The highest BCUT2D eigenvalue weighted by Crippen LogP contribution is 2.60. The highest BCUT2D eigenvalue weighted by atomic mass is 16.2. The molecule has 112 valence electrons. The van der Waals surface area contributed by atoms with Crippen molar-refractivity contribution >= 4 is 11.6 Å². The van der Waals surface area contributed by atoms with E-state index in [1.165, 1.54) is 24.8 Å². The maximum absolute atomic E-state index is 13.0. The SMILES string of the molecule is CCc1cccc(NC(=O)C23CC4CC(CC(C4)C2)C3)c1. The summed E-state index contributed by atoms with van der Waals surface area (Å²) in [6, 6.07) is 8.32. The molecule has 0 aliphatic heterocycles. The van der Waals surface area contributed by atoms with Crippen LogP contribution in [-0.4, -0.2) is 5.91 Å². The fraction of sp³-hybridized carbons (Fsp3) is 0.632. The minimum absolute atomic E-state index is 0.0447. The van der Waals surface area contributed by atoms with Gasteiger partial charge in [-0.1, -0.05) is 19.1 Å². The fourth-order valence-corrected chi connectivity index (χ4v) is 5.52. The van der Waals surface area contributed by atoms with Crippen LogP contribution in [0.2, 0.25) is 0 Å². The number of aryl methyl sites for hydroxylation is 1. The molecule has 1 amide bonds. The van der Waals surface area contributed by atoms with Gasteiger partial charge in [0, 0.05) is 5.69 Å². The van der Waals surface area contributed by atoms with E-state index >= 15 is 0 Å². The number of rotatable bonds is 3. The van der Waals surface area contributed by atoms with Gasteiger partial charge in [-0.15, -0.1) is 0 Å². The number of hydrogen-bond acceptors (Lipinski definition) is 1. The van der Waals surface area contributed by atoms with Gasteiger partial charge in [0.1, 0.15) is 0 Å². The molecule has 0 spiro atoms. The zero-order valence-electron chi connectivity index (χ0n) is 12.9. The quantitative estimate of drug-likeness (QED) is 0.875. The molecule has 0 unspecified atom stereocenters. The van der Waals surface area contributed by atoms with E-state index < -0.39 is 0 Å². The van der Waals surface area contributed by atoms with Crippen LogP contribution in [0.15, 0.2) is 24.3 Å². The summed E-state index contributed by atoms with van der Waals surface area (Å²) in [5.41, 5.74) is 2.23. The highest BCUT2D eigenvalue weighted by molar-refractivity contribution is 5.95. The van der Waals surface area contributed by atoms with E-state index in [2.05, 4.69) is 24.4 Å². The first kappa shape index (κ1) is 13.4. The maximum Gasteiger partial charge on any atom is 0.230 e. The molecule has 4 bridgehead atoms. The zero-order chi connectivity index (χ0) is 14.4. The van der Waals surface area contributed by atoms with E-state index in [9.17, 15) is 4.79 Å². The Labute approximate surface area is 127 Å². The molecule has 0 radical (unpaired) electrons. The molecule has 0 heterocycles. The summed E-state index contributed by atoms with van der Waals surface area (Å²) in [6.07, 6.45) is 8.59. The Bertz CT molecular complexity index is 527. The van der Waals surface area contributed by atoms with E-state index in [0.29, 0.717) is 5.91 Å². The van der Waals surface area contributed by atoms with E-state index in [0.717, 1.165) is 49.1 Å². The number of nitrogens with one attached hydrogen (secondary N) is 1. The van der Waals surface area contributed by atoms with Crippen molar-refractivity contribution in [3.63, 3.8) is 0 Å². The second kappa shape index (κ2) is 4.86. The molecule has 1 N–H and O–H groups in total. The lowest BCUT2D eigenvalue weighted by molar-refractivity contribution is -0.140. The first-order chi connectivity index (χ1) is 10.2. The molecule has 4 aliphatic carbocycles. The maximum atomic E-state index is 13.0. The largest absolute Gasteiger partial charge is 0.326 e. The van der Waals surface area contributed by atoms with Gasteiger partial charge >= 0.3 is 0 Å². The van der Waals surface area contributed by atoms with Gasteiger partial charge in [0.2, 0.25) is 5.91 Å². The van der Waals surface area contributed by atoms with Crippen molar-refractivity contribution in [2.24, 2.45) is 23.2 Å². The van der Waals surface area contributed by atoms with Gasteiger partial charge < -0.3 is 5.32 Å². The standard InChI is InChI=1S/C19H25NO/c1-2-13-4-3-5-17(9-13)20-18(21)19-10-14-6-15(11-19)8-16(7-14)12-19/h3-5,9,14-16H,2,6-8,10-12H2,1H3,(H,20,21). The molecule has 2 heteroatoms. The fourth-order valence-electron chi connectivity index (χ4n) is 5.52. The van der Waals surface area contributed by atoms with Crippen molar-refractivity contribution in [3.05, 3.63) is 29.8 Å². The van der Waals surface area contributed by atoms with Crippen LogP contribution in [0.5, 0.6) is 0 Å². The summed E-state index contributed by atoms with van der Waals surface area (Å²) in [4.78, 5) is 13.0. The molecule has 0 aromatic heterocycles. The van der Waals surface area contributed by atoms with E-state index in [1.54, 1.807) is 0 Å². The Morgan fingerprint density at radius 2 is 1.76 bits per heavy atom. The lowest BCUT2D eigenvalue weighted by atomic mass is 9.49. The summed E-state index contributed by atoms with van der Waals surface area (Å²) in [7, 11) is 0. The summed E-state index contributed by atoms with van der Waals surface area (Å²) < 4.78 is 0. The molecular weight excluding hydrogens is 258 g/mol. The Balaban J connectivity index is 1.54. The van der Waals surface area contributed by atoms with Crippen molar-refractivity contribution < 1.29 is 4.79 Å². The van der Waals surface area contributed by atoms with E-state index in [-0.39, 0.29) is 5.41 Å². The first-order valence-corrected chi connectivity index (χ1v) is 8.57. The van der Waals surface area contributed by atoms with Gasteiger partial charge in [0.05, 0.1) is 5.41 Å². The van der Waals surface area contributed by atoms with Crippen molar-refractivity contribution in [2.75, 3.05) is 5.32 Å². The minimum atomic E-state index is -0.0447. The van der Waals surface area contributed by atoms with Crippen LogP contribution in [0.25, 0.3) is 0 Å². The van der Waals surface area contributed by atoms with Crippen LogP contribution < -0.4 is 5.32 Å². The number of hydrogen-bond donors (Lipinski definition) is 1. The number of amides is 1. The number of benzene rings is 1. The molecule has 0 atom stereocenters. The average Bonchev–Trinajstić information content (AvgIpc) is 2.46. The Hall–Kier alpha value is -1.31. The summed E-state index contributed by atoms with van der Waals surface area (Å²) in [5, 5.41) is 3.23. The Kier molecular flexibility index (Phi) is 3.09. The molecule has 4 aliphatic rings. The molecule has 1 aromatic rings. The van der Waals surface area contributed by atoms with Gasteiger partial charge in [0.25, 0.3) is 0 Å². The molecule has 4 fully saturated rings. The lowest BCUT2D eigenvalue weighted by Gasteiger charge is -2.55. The average molecular weight is 283 g/mol. The van der Waals surface area contributed by atoms with Crippen LogP contribution in [-0.2, 0) is 11.2 Å². The van der Waals surface area contributed by atoms with Crippen LogP contribution in [0.3, 0.4) is 0 Å². The third-order valence-corrected chi connectivity index (χ3v) is 6.11. The van der Waals surface area contributed by atoms with Crippen molar-refractivity contribution in [2.45, 2.75) is 51.9 Å². The lowest BCUT2D eigenvalue weighted by Crippen LogP contribution is -2.51. The van der Waals surface area contributed by atoms with Gasteiger partial charge in [0.15, 0.2) is 0 Å². The van der Waals surface area contributed by atoms with Crippen LogP contribution in [0.1, 0.15) is 51.0 Å². The summed E-state index contributed by atoms with van der Waals surface area (Å²) in [5.74, 6) is 2.77. The predicted octanol–water partition coefficient (Wildman–Crippen LogP) is 4.40. The smallest absolute Gasteiger partial charge is 0.230 e. The van der Waals surface area contributed by atoms with E-state index in [4.69, 9.17) is 0 Å². The molecule has 0 saturated heterocycles. The second-order valence-corrected chi connectivity index (χ2v) is 7.71. The number of carbonyl (C=O) groups is 1. The molecule has 1 aromatic carbocycles. The first-order valence-electron chi connectivity index (χ1n) is 8.57. The monoisotopic (exact) mass is 283 g/mol. The third-order valence-electron chi connectivity index (χ3n) is 6.11. The number of carbonyl (C=O) groups excluding carboxylic acids is 1. The number of anilines is 1. The van der Waals surface area contributed by atoms with Crippen molar-refractivity contribution in [3.8, 4) is 0 Å². The molecule has 5 rings (SSSR count). The van der Waals surface area contributed by atoms with Crippen molar-refractivity contribution in [1.29, 1.82) is 0 Å². The molecule has 21 heavy (non-hydrogen) atoms. The van der Waals surface area contributed by atoms with E-state index in [1.807, 2.05) is 12.1 Å². The second-order valence-electron chi connectivity index (χ2n) is 7.71. The molecule has 2 nitrogen and oxygen atoms in total.